The summed E-state index contributed by atoms with van der Waals surface area (Å²) in [4.78, 5) is 8.07. The zero-order valence-electron chi connectivity index (χ0n) is 7.87. The van der Waals surface area contributed by atoms with Gasteiger partial charge in [-0.15, -0.1) is 0 Å². The van der Waals surface area contributed by atoms with Crippen molar-refractivity contribution in [3.05, 3.63) is 17.5 Å². The zero-order chi connectivity index (χ0) is 9.68. The van der Waals surface area contributed by atoms with Gasteiger partial charge in [0.25, 0.3) is 0 Å². The molecule has 0 saturated carbocycles. The van der Waals surface area contributed by atoms with Gasteiger partial charge in [0.15, 0.2) is 0 Å². The third kappa shape index (κ3) is 3.38. The van der Waals surface area contributed by atoms with E-state index in [2.05, 4.69) is 16.0 Å². The molecule has 0 aliphatic carbocycles. The molecule has 1 N–H and O–H groups in total. The molecule has 0 spiro atoms. The van der Waals surface area contributed by atoms with E-state index in [0.29, 0.717) is 19.0 Å². The van der Waals surface area contributed by atoms with Gasteiger partial charge in [0, 0.05) is 19.1 Å². The molecule has 4 nitrogen and oxygen atoms in total. The van der Waals surface area contributed by atoms with E-state index in [1.807, 2.05) is 13.8 Å². The van der Waals surface area contributed by atoms with Crippen molar-refractivity contribution in [3.8, 4) is 6.01 Å². The highest BCUT2D eigenvalue weighted by Crippen LogP contribution is 2.05. The van der Waals surface area contributed by atoms with Crippen LogP contribution in [0.2, 0.25) is 0 Å². The maximum Gasteiger partial charge on any atom is 0.316 e. The van der Waals surface area contributed by atoms with Crippen LogP contribution in [0.5, 0.6) is 6.01 Å². The molecule has 0 fully saturated rings. The molecule has 1 aromatic heterocycles. The average molecular weight is 181 g/mol. The predicted molar refractivity (Wildman–Crippen MR) is 47.5 cm³/mol. The van der Waals surface area contributed by atoms with Crippen LogP contribution in [0.25, 0.3) is 0 Å². The summed E-state index contributed by atoms with van der Waals surface area (Å²) in [5.41, 5.74) is 1.54. The van der Waals surface area contributed by atoms with Gasteiger partial charge in [0.1, 0.15) is 0 Å². The van der Waals surface area contributed by atoms with Crippen molar-refractivity contribution in [2.45, 2.75) is 20.3 Å². The molecule has 0 aliphatic rings. The summed E-state index contributed by atoms with van der Waals surface area (Å²) in [7, 11) is 0. The number of rotatable bonds is 4. The Balaban J connectivity index is 2.56. The van der Waals surface area contributed by atoms with Gasteiger partial charge in [-0.1, -0.05) is 0 Å². The highest BCUT2D eigenvalue weighted by molar-refractivity contribution is 5.08. The fourth-order valence-corrected chi connectivity index (χ4v) is 0.922. The molecule has 0 unspecified atom stereocenters. The van der Waals surface area contributed by atoms with Crippen LogP contribution in [0.4, 0.5) is 0 Å². The fraction of sp³-hybridized carbons (Fsp3) is 0.556. The van der Waals surface area contributed by atoms with E-state index in [4.69, 9.17) is 9.84 Å². The van der Waals surface area contributed by atoms with Crippen molar-refractivity contribution in [2.24, 2.45) is 0 Å². The Morgan fingerprint density at radius 2 is 1.92 bits per heavy atom. The van der Waals surface area contributed by atoms with E-state index >= 15 is 0 Å². The standard InChI is InChI=1S/C9H13N2O2/c1-7-6-8(2)11-9(10-7)13-5-3-4-12/h12H,3-5H2,1-2H3. The van der Waals surface area contributed by atoms with Gasteiger partial charge in [-0.3, -0.25) is 0 Å². The summed E-state index contributed by atoms with van der Waals surface area (Å²) in [6.45, 7) is 4.25. The van der Waals surface area contributed by atoms with Crippen LogP contribution < -0.4 is 4.74 Å². The van der Waals surface area contributed by atoms with E-state index in [1.54, 1.807) is 0 Å². The predicted octanol–water partition coefficient (Wildman–Crippen LogP) is 0.655. The van der Waals surface area contributed by atoms with E-state index in [0.717, 1.165) is 11.4 Å². The Kier molecular flexibility index (Phi) is 3.64. The topological polar surface area (TPSA) is 55.2 Å². The third-order valence-corrected chi connectivity index (χ3v) is 1.42. The first kappa shape index (κ1) is 9.92. The summed E-state index contributed by atoms with van der Waals surface area (Å²) in [6, 6.07) is 3.31. The van der Waals surface area contributed by atoms with Crippen LogP contribution in [-0.2, 0) is 0 Å². The van der Waals surface area contributed by atoms with Crippen molar-refractivity contribution >= 4 is 0 Å². The van der Waals surface area contributed by atoms with E-state index < -0.39 is 0 Å². The average Bonchev–Trinajstić information content (AvgIpc) is 2.03. The lowest BCUT2D eigenvalue weighted by Crippen LogP contribution is -2.04. The molecule has 0 aromatic carbocycles. The number of ether oxygens (including phenoxy) is 1. The Hall–Kier alpha value is -1.16. The third-order valence-electron chi connectivity index (χ3n) is 1.42. The largest absolute Gasteiger partial charge is 0.463 e. The van der Waals surface area contributed by atoms with Crippen LogP contribution in [0.15, 0.2) is 0 Å². The monoisotopic (exact) mass is 181 g/mol. The second-order valence-corrected chi connectivity index (χ2v) is 2.73. The minimum absolute atomic E-state index is 0.122. The normalized spacial score (nSPS) is 10.1. The second kappa shape index (κ2) is 4.77. The van der Waals surface area contributed by atoms with Crippen molar-refractivity contribution < 1.29 is 9.84 Å². The molecule has 0 amide bonds. The van der Waals surface area contributed by atoms with Gasteiger partial charge < -0.3 is 9.84 Å². The molecule has 0 saturated heterocycles. The number of aryl methyl sites for hydroxylation is 2. The van der Waals surface area contributed by atoms with Gasteiger partial charge in [-0.25, -0.2) is 0 Å². The Bertz CT molecular complexity index is 256. The molecule has 1 rings (SSSR count). The van der Waals surface area contributed by atoms with Crippen LogP contribution in [-0.4, -0.2) is 28.3 Å². The van der Waals surface area contributed by atoms with Gasteiger partial charge >= 0.3 is 6.01 Å². The number of nitrogens with zero attached hydrogens (tertiary/aromatic N) is 2. The molecule has 13 heavy (non-hydrogen) atoms. The zero-order valence-corrected chi connectivity index (χ0v) is 7.87. The van der Waals surface area contributed by atoms with Crippen LogP contribution in [0.1, 0.15) is 17.8 Å². The maximum absolute atomic E-state index is 8.53. The molecule has 1 aromatic rings. The van der Waals surface area contributed by atoms with E-state index in [1.165, 1.54) is 0 Å². The quantitative estimate of drug-likeness (QED) is 0.693. The smallest absolute Gasteiger partial charge is 0.316 e. The first-order chi connectivity index (χ1) is 6.22. The summed E-state index contributed by atoms with van der Waals surface area (Å²) < 4.78 is 5.21. The first-order valence-electron chi connectivity index (χ1n) is 4.20. The van der Waals surface area contributed by atoms with E-state index in [9.17, 15) is 0 Å². The molecule has 71 valence electrons. The minimum Gasteiger partial charge on any atom is -0.463 e. The second-order valence-electron chi connectivity index (χ2n) is 2.73. The number of hydrogen-bond acceptors (Lipinski definition) is 4. The molecule has 4 heteroatoms. The highest BCUT2D eigenvalue weighted by Gasteiger charge is 1.99. The lowest BCUT2D eigenvalue weighted by atomic mass is 10.4. The van der Waals surface area contributed by atoms with Crippen LogP contribution >= 0.6 is 0 Å². The molecule has 1 radical (unpaired) electrons. The molecular weight excluding hydrogens is 168 g/mol. The van der Waals surface area contributed by atoms with Gasteiger partial charge in [0.05, 0.1) is 18.0 Å². The minimum atomic E-state index is 0.122. The highest BCUT2D eigenvalue weighted by atomic mass is 16.5. The SMILES string of the molecule is Cc1[c]c(C)nc(OCCCO)n1. The van der Waals surface area contributed by atoms with Crippen molar-refractivity contribution in [1.29, 1.82) is 0 Å². The summed E-state index contributed by atoms with van der Waals surface area (Å²) >= 11 is 0. The summed E-state index contributed by atoms with van der Waals surface area (Å²) in [5, 5.41) is 8.53. The van der Waals surface area contributed by atoms with Crippen molar-refractivity contribution in [1.82, 2.24) is 9.97 Å². The van der Waals surface area contributed by atoms with E-state index in [-0.39, 0.29) is 6.61 Å². The molecule has 0 bridgehead atoms. The number of aromatic nitrogens is 2. The van der Waals surface area contributed by atoms with Gasteiger partial charge in [-0.2, -0.15) is 9.97 Å². The molecule has 0 aliphatic heterocycles. The molecule has 0 atom stereocenters. The summed E-state index contributed by atoms with van der Waals surface area (Å²) in [5.74, 6) is 0. The first-order valence-corrected chi connectivity index (χ1v) is 4.20. The fourth-order valence-electron chi connectivity index (χ4n) is 0.922. The van der Waals surface area contributed by atoms with Gasteiger partial charge in [0.2, 0.25) is 0 Å². The van der Waals surface area contributed by atoms with Crippen molar-refractivity contribution in [3.63, 3.8) is 0 Å². The Morgan fingerprint density at radius 1 is 1.31 bits per heavy atom. The lowest BCUT2D eigenvalue weighted by molar-refractivity contribution is 0.223. The molecule has 1 heterocycles. The Morgan fingerprint density at radius 3 is 2.46 bits per heavy atom. The van der Waals surface area contributed by atoms with Crippen molar-refractivity contribution in [2.75, 3.05) is 13.2 Å². The number of aliphatic hydroxyl groups is 1. The number of aliphatic hydroxyl groups excluding tert-OH is 1. The van der Waals surface area contributed by atoms with Crippen LogP contribution in [0.3, 0.4) is 0 Å². The molecular formula is C9H13N2O2. The van der Waals surface area contributed by atoms with Crippen LogP contribution in [0, 0.1) is 19.9 Å². The number of hydrogen-bond donors (Lipinski definition) is 1. The lowest BCUT2D eigenvalue weighted by Gasteiger charge is -2.03. The maximum atomic E-state index is 8.53. The summed E-state index contributed by atoms with van der Waals surface area (Å²) in [6.07, 6.45) is 0.597. The Labute approximate surface area is 77.6 Å². The van der Waals surface area contributed by atoms with Gasteiger partial charge in [-0.05, 0) is 13.8 Å².